The maximum absolute atomic E-state index is 12.2. The van der Waals surface area contributed by atoms with Crippen LogP contribution in [0.5, 0.6) is 0 Å². The third kappa shape index (κ3) is 2.60. The molecule has 0 aromatic carbocycles. The maximum atomic E-state index is 12.2. The second-order valence-corrected chi connectivity index (χ2v) is 10.0. The van der Waals surface area contributed by atoms with E-state index in [0.717, 1.165) is 43.9 Å². The lowest BCUT2D eigenvalue weighted by molar-refractivity contribution is -0.149. The molecule has 0 unspecified atom stereocenters. The van der Waals surface area contributed by atoms with Gasteiger partial charge in [-0.1, -0.05) is 25.5 Å². The van der Waals surface area contributed by atoms with Crippen LogP contribution in [0.4, 0.5) is 0 Å². The predicted molar refractivity (Wildman–Crippen MR) is 101 cm³/mol. The number of hydrogen-bond acceptors (Lipinski definition) is 3. The standard InChI is InChI=1S/C23H34O3/c1-14(24)19-7-8-20-18-6-5-16-13-17(26-15(2)25)9-11-22(16,3)21(18)10-12-23(19,20)4/h5,17-21H,6-13H2,1-4H3/t17-,18-,19+,20-,21-,22+,23-/m1/s1. The summed E-state index contributed by atoms with van der Waals surface area (Å²) in [5.74, 6) is 2.72. The minimum atomic E-state index is -0.150. The van der Waals surface area contributed by atoms with Crippen molar-refractivity contribution in [2.45, 2.75) is 85.2 Å². The minimum absolute atomic E-state index is 0.0748. The Bertz CT molecular complexity index is 650. The first-order valence-electron chi connectivity index (χ1n) is 10.6. The van der Waals surface area contributed by atoms with E-state index in [2.05, 4.69) is 19.9 Å². The Morgan fingerprint density at radius 2 is 1.81 bits per heavy atom. The highest BCUT2D eigenvalue weighted by molar-refractivity contribution is 5.79. The van der Waals surface area contributed by atoms with E-state index in [1.54, 1.807) is 12.5 Å². The summed E-state index contributed by atoms with van der Waals surface area (Å²) in [6.07, 6.45) is 11.6. The quantitative estimate of drug-likeness (QED) is 0.510. The fourth-order valence-electron chi connectivity index (χ4n) is 7.63. The van der Waals surface area contributed by atoms with Crippen LogP contribution in [-0.2, 0) is 14.3 Å². The summed E-state index contributed by atoms with van der Waals surface area (Å²) < 4.78 is 5.53. The summed E-state index contributed by atoms with van der Waals surface area (Å²) in [4.78, 5) is 23.6. The zero-order valence-electron chi connectivity index (χ0n) is 16.8. The molecule has 144 valence electrons. The van der Waals surface area contributed by atoms with Crippen molar-refractivity contribution in [2.75, 3.05) is 0 Å². The van der Waals surface area contributed by atoms with Gasteiger partial charge in [0.05, 0.1) is 0 Å². The van der Waals surface area contributed by atoms with Crippen LogP contribution in [0.2, 0.25) is 0 Å². The molecule has 4 aliphatic rings. The summed E-state index contributed by atoms with van der Waals surface area (Å²) in [6, 6.07) is 0. The Balaban J connectivity index is 1.59. The van der Waals surface area contributed by atoms with Crippen LogP contribution >= 0.6 is 0 Å². The third-order valence-electron chi connectivity index (χ3n) is 8.88. The van der Waals surface area contributed by atoms with Crippen molar-refractivity contribution in [1.82, 2.24) is 0 Å². The van der Waals surface area contributed by atoms with E-state index in [0.29, 0.717) is 11.7 Å². The summed E-state index contributed by atoms with van der Waals surface area (Å²) in [5.41, 5.74) is 2.04. The van der Waals surface area contributed by atoms with Gasteiger partial charge in [-0.3, -0.25) is 9.59 Å². The Morgan fingerprint density at radius 3 is 2.50 bits per heavy atom. The van der Waals surface area contributed by atoms with Gasteiger partial charge in [-0.25, -0.2) is 0 Å². The van der Waals surface area contributed by atoms with Gasteiger partial charge < -0.3 is 4.74 Å². The number of ketones is 1. The highest BCUT2D eigenvalue weighted by Gasteiger charge is 2.59. The molecule has 3 fully saturated rings. The Morgan fingerprint density at radius 1 is 1.04 bits per heavy atom. The van der Waals surface area contributed by atoms with Crippen molar-refractivity contribution in [3.63, 3.8) is 0 Å². The average Bonchev–Trinajstić information content (AvgIpc) is 2.92. The second-order valence-electron chi connectivity index (χ2n) is 10.0. The van der Waals surface area contributed by atoms with Gasteiger partial charge in [-0.2, -0.15) is 0 Å². The van der Waals surface area contributed by atoms with Gasteiger partial charge in [0.1, 0.15) is 11.9 Å². The zero-order chi connectivity index (χ0) is 18.7. The van der Waals surface area contributed by atoms with Crippen molar-refractivity contribution in [3.05, 3.63) is 11.6 Å². The molecule has 0 saturated heterocycles. The van der Waals surface area contributed by atoms with Gasteiger partial charge in [-0.15, -0.1) is 0 Å². The molecule has 0 aromatic rings. The number of fused-ring (bicyclic) bond motifs is 5. The number of esters is 1. The number of ether oxygens (including phenoxy) is 1. The molecular formula is C23H34O3. The van der Waals surface area contributed by atoms with E-state index < -0.39 is 0 Å². The van der Waals surface area contributed by atoms with Gasteiger partial charge >= 0.3 is 5.97 Å². The van der Waals surface area contributed by atoms with E-state index >= 15 is 0 Å². The number of rotatable bonds is 2. The van der Waals surface area contributed by atoms with Crippen LogP contribution in [0.3, 0.4) is 0 Å². The Kier molecular flexibility index (Phi) is 4.36. The second kappa shape index (κ2) is 6.21. The SMILES string of the molecule is CC(=O)O[C@@H]1CC[C@@]2(C)C(=CC[C@@H]3[C@H]4CC[C@@H](C(C)=O)[C@@]4(C)CC[C@H]32)C1. The Hall–Kier alpha value is -1.12. The number of allylic oxidation sites excluding steroid dienone is 1. The molecule has 26 heavy (non-hydrogen) atoms. The van der Waals surface area contributed by atoms with E-state index in [1.807, 2.05) is 0 Å². The molecule has 0 bridgehead atoms. The van der Waals surface area contributed by atoms with Gasteiger partial charge in [0.15, 0.2) is 0 Å². The normalized spacial score (nSPS) is 47.2. The van der Waals surface area contributed by atoms with E-state index in [4.69, 9.17) is 4.74 Å². The molecule has 0 aromatic heterocycles. The molecule has 0 N–H and O–H groups in total. The number of carbonyl (C=O) groups excluding carboxylic acids is 2. The zero-order valence-corrected chi connectivity index (χ0v) is 16.8. The molecule has 3 heteroatoms. The lowest BCUT2D eigenvalue weighted by Crippen LogP contribution is -2.51. The smallest absolute Gasteiger partial charge is 0.302 e. The van der Waals surface area contributed by atoms with Crippen molar-refractivity contribution in [3.8, 4) is 0 Å². The first-order chi connectivity index (χ1) is 12.3. The number of hydrogen-bond donors (Lipinski definition) is 0. The van der Waals surface area contributed by atoms with Crippen molar-refractivity contribution in [2.24, 2.45) is 34.5 Å². The van der Waals surface area contributed by atoms with Gasteiger partial charge in [0.2, 0.25) is 0 Å². The molecular weight excluding hydrogens is 324 g/mol. The van der Waals surface area contributed by atoms with Crippen LogP contribution in [-0.4, -0.2) is 17.9 Å². The van der Waals surface area contributed by atoms with Crippen LogP contribution in [0.15, 0.2) is 11.6 Å². The molecule has 0 aliphatic heterocycles. The van der Waals surface area contributed by atoms with E-state index in [1.165, 1.54) is 26.2 Å². The average molecular weight is 359 g/mol. The first kappa shape index (κ1) is 18.3. The number of carbonyl (C=O) groups is 2. The first-order valence-corrected chi connectivity index (χ1v) is 10.6. The monoisotopic (exact) mass is 358 g/mol. The molecule has 3 nitrogen and oxygen atoms in total. The largest absolute Gasteiger partial charge is 0.462 e. The van der Waals surface area contributed by atoms with E-state index in [9.17, 15) is 9.59 Å². The third-order valence-corrected chi connectivity index (χ3v) is 8.88. The highest BCUT2D eigenvalue weighted by atomic mass is 16.5. The topological polar surface area (TPSA) is 43.4 Å². The van der Waals surface area contributed by atoms with Crippen LogP contribution < -0.4 is 0 Å². The molecule has 0 radical (unpaired) electrons. The van der Waals surface area contributed by atoms with Crippen LogP contribution in [0.1, 0.15) is 79.1 Å². The van der Waals surface area contributed by atoms with Crippen molar-refractivity contribution >= 4 is 11.8 Å². The minimum Gasteiger partial charge on any atom is -0.462 e. The van der Waals surface area contributed by atoms with Crippen LogP contribution in [0, 0.1) is 34.5 Å². The predicted octanol–water partition coefficient (Wildman–Crippen LogP) is 5.09. The molecule has 0 amide bonds. The molecule has 4 aliphatic carbocycles. The fraction of sp³-hybridized carbons (Fsp3) is 0.826. The van der Waals surface area contributed by atoms with Gasteiger partial charge in [-0.05, 0) is 80.5 Å². The lowest BCUT2D eigenvalue weighted by atomic mass is 9.47. The van der Waals surface area contributed by atoms with Gasteiger partial charge in [0, 0.05) is 19.3 Å². The van der Waals surface area contributed by atoms with Gasteiger partial charge in [0.25, 0.3) is 0 Å². The van der Waals surface area contributed by atoms with Crippen molar-refractivity contribution < 1.29 is 14.3 Å². The highest BCUT2D eigenvalue weighted by Crippen LogP contribution is 2.66. The summed E-state index contributed by atoms with van der Waals surface area (Å²) >= 11 is 0. The molecule has 4 rings (SSSR count). The summed E-state index contributed by atoms with van der Waals surface area (Å²) in [5, 5.41) is 0. The molecule has 3 saturated carbocycles. The molecule has 7 atom stereocenters. The summed E-state index contributed by atoms with van der Waals surface area (Å²) in [7, 11) is 0. The lowest BCUT2D eigenvalue weighted by Gasteiger charge is -2.58. The van der Waals surface area contributed by atoms with E-state index in [-0.39, 0.29) is 28.8 Å². The molecule has 0 spiro atoms. The number of Topliss-reactive ketones (excluding diaryl/α,β-unsaturated/α-hetero) is 1. The summed E-state index contributed by atoms with van der Waals surface area (Å²) in [6.45, 7) is 8.21. The van der Waals surface area contributed by atoms with Crippen LogP contribution in [0.25, 0.3) is 0 Å². The maximum Gasteiger partial charge on any atom is 0.302 e. The van der Waals surface area contributed by atoms with Crippen molar-refractivity contribution in [1.29, 1.82) is 0 Å². The Labute approximate surface area is 157 Å². The molecule has 0 heterocycles. The fourth-order valence-corrected chi connectivity index (χ4v) is 7.63.